The van der Waals surface area contributed by atoms with Crippen LogP contribution in [-0.2, 0) is 4.74 Å². The van der Waals surface area contributed by atoms with Gasteiger partial charge in [-0.25, -0.2) is 0 Å². The fraction of sp³-hybridized carbons (Fsp3) is 0.889. The Morgan fingerprint density at radius 2 is 1.95 bits per heavy atom. The summed E-state index contributed by atoms with van der Waals surface area (Å²) in [5, 5.41) is 3.41. The topological polar surface area (TPSA) is 21.3 Å². The summed E-state index contributed by atoms with van der Waals surface area (Å²) in [7, 11) is 0. The molecular formula is C18H35NO. The zero-order valence-electron chi connectivity index (χ0n) is 13.7. The average molecular weight is 281 g/mol. The van der Waals surface area contributed by atoms with Gasteiger partial charge in [0.15, 0.2) is 0 Å². The molecule has 1 aliphatic heterocycles. The van der Waals surface area contributed by atoms with Gasteiger partial charge in [-0.05, 0) is 44.7 Å². The molecule has 118 valence electrons. The molecule has 0 amide bonds. The van der Waals surface area contributed by atoms with Crippen molar-refractivity contribution in [3.05, 3.63) is 12.7 Å². The minimum absolute atomic E-state index is 0.393. The van der Waals surface area contributed by atoms with E-state index in [1.54, 1.807) is 0 Å². The molecule has 1 saturated heterocycles. The van der Waals surface area contributed by atoms with E-state index in [1.807, 2.05) is 6.08 Å². The zero-order chi connectivity index (χ0) is 14.6. The van der Waals surface area contributed by atoms with Gasteiger partial charge in [-0.1, -0.05) is 52.0 Å². The van der Waals surface area contributed by atoms with E-state index in [0.717, 1.165) is 25.4 Å². The van der Waals surface area contributed by atoms with Crippen LogP contribution >= 0.6 is 0 Å². The van der Waals surface area contributed by atoms with Crippen LogP contribution in [0.2, 0.25) is 0 Å². The first kappa shape index (κ1) is 17.7. The molecule has 0 aromatic carbocycles. The molecule has 2 atom stereocenters. The van der Waals surface area contributed by atoms with Crippen LogP contribution < -0.4 is 5.32 Å². The van der Waals surface area contributed by atoms with Crippen LogP contribution in [0.1, 0.15) is 71.6 Å². The second-order valence-electron chi connectivity index (χ2n) is 6.26. The molecule has 1 N–H and O–H groups in total. The quantitative estimate of drug-likeness (QED) is 0.554. The molecule has 20 heavy (non-hydrogen) atoms. The maximum absolute atomic E-state index is 6.38. The van der Waals surface area contributed by atoms with Crippen molar-refractivity contribution in [1.82, 2.24) is 5.32 Å². The van der Waals surface area contributed by atoms with Crippen LogP contribution in [0.25, 0.3) is 0 Å². The summed E-state index contributed by atoms with van der Waals surface area (Å²) in [6.07, 6.45) is 14.1. The molecule has 0 aromatic heterocycles. The Hall–Kier alpha value is -0.340. The summed E-state index contributed by atoms with van der Waals surface area (Å²) in [6.45, 7) is 10.7. The third-order valence-electron chi connectivity index (χ3n) is 4.36. The molecule has 0 bridgehead atoms. The van der Waals surface area contributed by atoms with E-state index in [0.29, 0.717) is 12.2 Å². The van der Waals surface area contributed by atoms with Gasteiger partial charge >= 0.3 is 0 Å². The van der Waals surface area contributed by atoms with Crippen molar-refractivity contribution in [2.24, 2.45) is 5.92 Å². The van der Waals surface area contributed by atoms with Crippen LogP contribution in [0.5, 0.6) is 0 Å². The van der Waals surface area contributed by atoms with E-state index in [1.165, 1.54) is 51.4 Å². The maximum Gasteiger partial charge on any atom is 0.0615 e. The molecule has 0 saturated carbocycles. The summed E-state index contributed by atoms with van der Waals surface area (Å²) < 4.78 is 6.38. The number of ether oxygens (including phenoxy) is 1. The minimum Gasteiger partial charge on any atom is -0.375 e. The first-order valence-corrected chi connectivity index (χ1v) is 8.77. The fourth-order valence-corrected chi connectivity index (χ4v) is 3.25. The molecule has 1 aliphatic rings. The fourth-order valence-electron chi connectivity index (χ4n) is 3.25. The van der Waals surface area contributed by atoms with Crippen LogP contribution in [-0.4, -0.2) is 25.3 Å². The van der Waals surface area contributed by atoms with Gasteiger partial charge in [0.25, 0.3) is 0 Å². The third kappa shape index (κ3) is 7.44. The first-order valence-electron chi connectivity index (χ1n) is 8.77. The number of hydrogen-bond acceptors (Lipinski definition) is 2. The van der Waals surface area contributed by atoms with Gasteiger partial charge in [0, 0.05) is 0 Å². The lowest BCUT2D eigenvalue weighted by Crippen LogP contribution is -2.35. The van der Waals surface area contributed by atoms with Crippen LogP contribution in [0.4, 0.5) is 0 Å². The summed E-state index contributed by atoms with van der Waals surface area (Å²) in [5.74, 6) is 0.839. The van der Waals surface area contributed by atoms with Crippen molar-refractivity contribution in [2.45, 2.75) is 83.8 Å². The summed E-state index contributed by atoms with van der Waals surface area (Å²) in [5.41, 5.74) is 0. The largest absolute Gasteiger partial charge is 0.375 e. The second-order valence-corrected chi connectivity index (χ2v) is 6.26. The van der Waals surface area contributed by atoms with Crippen molar-refractivity contribution in [3.8, 4) is 0 Å². The van der Waals surface area contributed by atoms with E-state index in [9.17, 15) is 0 Å². The van der Waals surface area contributed by atoms with Gasteiger partial charge in [-0.15, -0.1) is 6.58 Å². The Labute approximate surface area is 126 Å². The molecule has 0 aliphatic carbocycles. The lowest BCUT2D eigenvalue weighted by atomic mass is 9.90. The molecule has 0 aromatic rings. The summed E-state index contributed by atoms with van der Waals surface area (Å²) in [4.78, 5) is 0. The standard InChI is InChI=1S/C18H35NO/c1-4-7-10-16(8-5-2)15-18(9-6-3)20-17-11-13-19-14-12-17/h6,16-19H,3-5,7-15H2,1-2H3. The van der Waals surface area contributed by atoms with E-state index >= 15 is 0 Å². The third-order valence-corrected chi connectivity index (χ3v) is 4.36. The summed E-state index contributed by atoms with van der Waals surface area (Å²) in [6, 6.07) is 0. The lowest BCUT2D eigenvalue weighted by Gasteiger charge is -2.30. The normalized spacial score (nSPS) is 19.7. The van der Waals surface area contributed by atoms with Crippen LogP contribution in [0.15, 0.2) is 12.7 Å². The van der Waals surface area contributed by atoms with Gasteiger partial charge < -0.3 is 10.1 Å². The van der Waals surface area contributed by atoms with Crippen molar-refractivity contribution >= 4 is 0 Å². The Bertz CT molecular complexity index is 236. The average Bonchev–Trinajstić information content (AvgIpc) is 2.46. The van der Waals surface area contributed by atoms with Crippen molar-refractivity contribution in [1.29, 1.82) is 0 Å². The highest BCUT2D eigenvalue weighted by atomic mass is 16.5. The highest BCUT2D eigenvalue weighted by molar-refractivity contribution is 4.79. The predicted molar refractivity (Wildman–Crippen MR) is 88.1 cm³/mol. The molecular weight excluding hydrogens is 246 g/mol. The van der Waals surface area contributed by atoms with Crippen LogP contribution in [0.3, 0.4) is 0 Å². The van der Waals surface area contributed by atoms with Gasteiger partial charge in [0.05, 0.1) is 12.2 Å². The van der Waals surface area contributed by atoms with E-state index < -0.39 is 0 Å². The molecule has 1 fully saturated rings. The Morgan fingerprint density at radius 1 is 1.20 bits per heavy atom. The predicted octanol–water partition coefficient (Wildman–Crippen LogP) is 4.70. The van der Waals surface area contributed by atoms with Crippen molar-refractivity contribution < 1.29 is 4.74 Å². The van der Waals surface area contributed by atoms with E-state index in [-0.39, 0.29) is 0 Å². The van der Waals surface area contributed by atoms with Crippen molar-refractivity contribution in [2.75, 3.05) is 13.1 Å². The molecule has 0 spiro atoms. The number of unbranched alkanes of at least 4 members (excludes halogenated alkanes) is 1. The maximum atomic E-state index is 6.38. The SMILES string of the molecule is C=CCC(CC(CCC)CCCC)OC1CCNCC1. The lowest BCUT2D eigenvalue weighted by molar-refractivity contribution is -0.0363. The number of hydrogen-bond donors (Lipinski definition) is 1. The number of rotatable bonds is 11. The molecule has 2 heteroatoms. The molecule has 0 radical (unpaired) electrons. The second kappa shape index (κ2) is 11.3. The van der Waals surface area contributed by atoms with Gasteiger partial charge in [-0.2, -0.15) is 0 Å². The number of piperidine rings is 1. The van der Waals surface area contributed by atoms with Crippen molar-refractivity contribution in [3.63, 3.8) is 0 Å². The van der Waals surface area contributed by atoms with E-state index in [2.05, 4.69) is 25.7 Å². The first-order chi connectivity index (χ1) is 9.80. The molecule has 1 rings (SSSR count). The molecule has 1 heterocycles. The zero-order valence-corrected chi connectivity index (χ0v) is 13.7. The summed E-state index contributed by atoms with van der Waals surface area (Å²) >= 11 is 0. The molecule has 2 nitrogen and oxygen atoms in total. The highest BCUT2D eigenvalue weighted by Crippen LogP contribution is 2.25. The monoisotopic (exact) mass is 281 g/mol. The minimum atomic E-state index is 0.393. The van der Waals surface area contributed by atoms with Gasteiger partial charge in [0.1, 0.15) is 0 Å². The van der Waals surface area contributed by atoms with Gasteiger partial charge in [0.2, 0.25) is 0 Å². The molecule has 2 unspecified atom stereocenters. The smallest absolute Gasteiger partial charge is 0.0615 e. The Morgan fingerprint density at radius 3 is 2.55 bits per heavy atom. The Kier molecular flexibility index (Phi) is 10.0. The highest BCUT2D eigenvalue weighted by Gasteiger charge is 2.21. The number of nitrogens with one attached hydrogen (secondary N) is 1. The van der Waals surface area contributed by atoms with Crippen LogP contribution in [0, 0.1) is 5.92 Å². The Balaban J connectivity index is 2.42. The van der Waals surface area contributed by atoms with E-state index in [4.69, 9.17) is 4.74 Å². The van der Waals surface area contributed by atoms with Gasteiger partial charge in [-0.3, -0.25) is 0 Å².